The maximum absolute atomic E-state index is 11.8. The maximum atomic E-state index is 11.8. The van der Waals surface area contributed by atoms with Crippen molar-refractivity contribution in [3.8, 4) is 0 Å². The highest BCUT2D eigenvalue weighted by Gasteiger charge is 2.22. The molecule has 3 heterocycles. The first-order valence-corrected chi connectivity index (χ1v) is 23.3. The number of nitrogens with one attached hydrogen (secondary N) is 2. The molecule has 0 aliphatic heterocycles. The standard InChI is InChI=1S/C35H46N14O8S4/c1-7-47(8-2)23-11-13-25(43-45-34-36-21(5)29(58-34)60(52,53)54)27(19-23)38-31-40-32(42-33(41-31)49(15-17-50)16-18-51)39-28-20-24(48(9-3)10-4)12-14-26(28)44-46-35-37-22(6)30(59-35)61(55,56)57/h11-14,19-20,50-51H,7-10,15-18H2,1-6H3,(H,52,53,54)(H,55,56,57)(H2,38,39,40,41,42)/b45-43+,46-44+. The lowest BCUT2D eigenvalue weighted by atomic mass is 10.2. The summed E-state index contributed by atoms with van der Waals surface area (Å²) in [4.78, 5) is 28.0. The fraction of sp³-hybridized carbons (Fsp3) is 0.400. The van der Waals surface area contributed by atoms with Gasteiger partial charge in [0, 0.05) is 50.6 Å². The highest BCUT2D eigenvalue weighted by atomic mass is 32.3. The summed E-state index contributed by atoms with van der Waals surface area (Å²) in [6, 6.07) is 10.7. The summed E-state index contributed by atoms with van der Waals surface area (Å²) < 4.78 is 65.8. The van der Waals surface area contributed by atoms with E-state index < -0.39 is 20.2 Å². The lowest BCUT2D eigenvalue weighted by Gasteiger charge is -2.24. The van der Waals surface area contributed by atoms with Gasteiger partial charge < -0.3 is 35.5 Å². The van der Waals surface area contributed by atoms with Gasteiger partial charge in [0.25, 0.3) is 0 Å². The molecule has 2 aromatic carbocycles. The van der Waals surface area contributed by atoms with E-state index in [9.17, 15) is 36.2 Å². The lowest BCUT2D eigenvalue weighted by Crippen LogP contribution is -2.31. The molecule has 3 aromatic heterocycles. The monoisotopic (exact) mass is 918 g/mol. The van der Waals surface area contributed by atoms with Crippen molar-refractivity contribution in [1.29, 1.82) is 0 Å². The molecule has 61 heavy (non-hydrogen) atoms. The van der Waals surface area contributed by atoms with Crippen molar-refractivity contribution in [3.63, 3.8) is 0 Å². The molecule has 0 unspecified atom stereocenters. The number of nitrogens with zero attached hydrogens (tertiary/aromatic N) is 12. The first-order valence-electron chi connectivity index (χ1n) is 18.8. The third kappa shape index (κ3) is 11.9. The molecule has 0 radical (unpaired) electrons. The van der Waals surface area contributed by atoms with Crippen LogP contribution in [0.1, 0.15) is 39.1 Å². The van der Waals surface area contributed by atoms with Gasteiger partial charge in [-0.05, 0) is 77.9 Å². The van der Waals surface area contributed by atoms with Crippen LogP contribution >= 0.6 is 22.7 Å². The number of aryl methyl sites for hydroxylation is 2. The van der Waals surface area contributed by atoms with E-state index in [0.29, 0.717) is 71.6 Å². The minimum atomic E-state index is -4.52. The average Bonchev–Trinajstić information content (AvgIpc) is 3.79. The number of anilines is 7. The topological polar surface area (TPSA) is 297 Å². The minimum absolute atomic E-state index is 0.00904. The van der Waals surface area contributed by atoms with Gasteiger partial charge in [0.05, 0.1) is 36.0 Å². The van der Waals surface area contributed by atoms with E-state index in [-0.39, 0.29) is 74.2 Å². The third-order valence-corrected chi connectivity index (χ3v) is 13.8. The summed E-state index contributed by atoms with van der Waals surface area (Å²) in [5.74, 6) is 0.111. The van der Waals surface area contributed by atoms with Gasteiger partial charge in [-0.25, -0.2) is 9.97 Å². The zero-order valence-electron chi connectivity index (χ0n) is 34.0. The zero-order chi connectivity index (χ0) is 44.5. The van der Waals surface area contributed by atoms with E-state index >= 15 is 0 Å². The van der Waals surface area contributed by atoms with Gasteiger partial charge in [0.1, 0.15) is 11.4 Å². The highest BCUT2D eigenvalue weighted by molar-refractivity contribution is 7.88. The van der Waals surface area contributed by atoms with E-state index in [1.54, 1.807) is 17.0 Å². The zero-order valence-corrected chi connectivity index (χ0v) is 37.3. The van der Waals surface area contributed by atoms with Crippen LogP contribution in [0.25, 0.3) is 0 Å². The molecule has 0 atom stereocenters. The highest BCUT2D eigenvalue weighted by Crippen LogP contribution is 2.38. The van der Waals surface area contributed by atoms with E-state index in [1.165, 1.54) is 13.8 Å². The predicted octanol–water partition coefficient (Wildman–Crippen LogP) is 6.70. The third-order valence-electron chi connectivity index (χ3n) is 8.80. The van der Waals surface area contributed by atoms with Crippen LogP contribution in [-0.4, -0.2) is 114 Å². The number of azo groups is 2. The molecular formula is C35H46N14O8S4. The Morgan fingerprint density at radius 1 is 0.590 bits per heavy atom. The maximum Gasteiger partial charge on any atom is 0.306 e. The summed E-state index contributed by atoms with van der Waals surface area (Å²) in [6.07, 6.45) is 0. The normalized spacial score (nSPS) is 12.1. The van der Waals surface area contributed by atoms with Crippen LogP contribution in [0.2, 0.25) is 0 Å². The first kappa shape index (κ1) is 46.7. The summed E-state index contributed by atoms with van der Waals surface area (Å²) in [6.45, 7) is 13.2. The number of aliphatic hydroxyl groups excluding tert-OH is 2. The molecule has 0 amide bonds. The van der Waals surface area contributed by atoms with Gasteiger partial charge in [-0.2, -0.15) is 31.8 Å². The largest absolute Gasteiger partial charge is 0.395 e. The van der Waals surface area contributed by atoms with Gasteiger partial charge in [0.2, 0.25) is 28.1 Å². The fourth-order valence-electron chi connectivity index (χ4n) is 5.90. The Hall–Kier alpha value is -5.35. The number of thiazole rings is 2. The molecule has 6 N–H and O–H groups in total. The first-order chi connectivity index (χ1) is 29.0. The number of hydrogen-bond donors (Lipinski definition) is 6. The van der Waals surface area contributed by atoms with Gasteiger partial charge in [-0.3, -0.25) is 9.11 Å². The van der Waals surface area contributed by atoms with Crippen LogP contribution in [0.5, 0.6) is 0 Å². The molecule has 5 aromatic rings. The molecule has 22 nitrogen and oxygen atoms in total. The Labute approximate surface area is 360 Å². The van der Waals surface area contributed by atoms with E-state index in [4.69, 9.17) is 0 Å². The molecule has 0 fully saturated rings. The molecule has 0 bridgehead atoms. The number of rotatable bonds is 21. The van der Waals surface area contributed by atoms with Crippen molar-refractivity contribution in [3.05, 3.63) is 47.8 Å². The number of aromatic nitrogens is 5. The SMILES string of the molecule is CCN(CC)c1ccc(/N=N/c2nc(C)c(S(=O)(=O)O)s2)c(Nc2nc(Nc3cc(N(CC)CC)ccc3/N=N/c3nc(C)c(S(=O)(=O)O)s3)nc(N(CCO)CCO)n2)c1. The average molecular weight is 919 g/mol. The second-order valence-corrected chi connectivity index (χ2v) is 18.0. The molecule has 0 spiro atoms. The minimum Gasteiger partial charge on any atom is -0.395 e. The molecule has 26 heteroatoms. The summed E-state index contributed by atoms with van der Waals surface area (Å²) >= 11 is 1.32. The Bertz CT molecular complexity index is 2420. The summed E-state index contributed by atoms with van der Waals surface area (Å²) in [7, 11) is -9.04. The molecular weight excluding hydrogens is 873 g/mol. The smallest absolute Gasteiger partial charge is 0.306 e. The van der Waals surface area contributed by atoms with E-state index in [2.05, 4.69) is 65.8 Å². The van der Waals surface area contributed by atoms with Crippen molar-refractivity contribution in [1.82, 2.24) is 24.9 Å². The van der Waals surface area contributed by atoms with E-state index in [1.807, 2.05) is 52.0 Å². The van der Waals surface area contributed by atoms with Crippen LogP contribution in [0.15, 0.2) is 65.3 Å². The summed E-state index contributed by atoms with van der Waals surface area (Å²) in [5.41, 5.74) is 3.14. The molecule has 0 saturated carbocycles. The van der Waals surface area contributed by atoms with Gasteiger partial charge >= 0.3 is 20.2 Å². The molecule has 0 aliphatic carbocycles. The van der Waals surface area contributed by atoms with Gasteiger partial charge in [-0.1, -0.05) is 22.7 Å². The van der Waals surface area contributed by atoms with Gasteiger partial charge in [0.15, 0.2) is 8.42 Å². The quantitative estimate of drug-likeness (QED) is 0.0330. The van der Waals surface area contributed by atoms with Gasteiger partial charge in [-0.15, -0.1) is 20.5 Å². The Balaban J connectivity index is 1.63. The van der Waals surface area contributed by atoms with Crippen LogP contribution in [0.3, 0.4) is 0 Å². The van der Waals surface area contributed by atoms with Crippen molar-refractivity contribution < 1.29 is 36.2 Å². The molecule has 5 rings (SSSR count). The Kier molecular flexibility index (Phi) is 15.7. The number of benzene rings is 2. The van der Waals surface area contributed by atoms with Crippen molar-refractivity contribution >= 4 is 105 Å². The fourth-order valence-corrected chi connectivity index (χ4v) is 9.27. The van der Waals surface area contributed by atoms with Crippen LogP contribution in [0.4, 0.5) is 62.2 Å². The van der Waals surface area contributed by atoms with Crippen LogP contribution in [-0.2, 0) is 20.2 Å². The molecule has 328 valence electrons. The Morgan fingerprint density at radius 3 is 1.31 bits per heavy atom. The molecule has 0 saturated heterocycles. The predicted molar refractivity (Wildman–Crippen MR) is 234 cm³/mol. The second-order valence-electron chi connectivity index (χ2n) is 12.8. The van der Waals surface area contributed by atoms with E-state index in [0.717, 1.165) is 11.4 Å². The summed E-state index contributed by atoms with van der Waals surface area (Å²) in [5, 5.41) is 43.3. The van der Waals surface area contributed by atoms with Crippen molar-refractivity contribution in [2.45, 2.75) is 50.0 Å². The Morgan fingerprint density at radius 2 is 0.984 bits per heavy atom. The molecule has 0 aliphatic rings. The van der Waals surface area contributed by atoms with Crippen molar-refractivity contribution in [2.75, 3.05) is 77.8 Å². The van der Waals surface area contributed by atoms with Crippen LogP contribution in [0, 0.1) is 13.8 Å². The number of hydrogen-bond acceptors (Lipinski definition) is 22. The lowest BCUT2D eigenvalue weighted by molar-refractivity contribution is 0.280. The number of aliphatic hydroxyl groups is 2. The van der Waals surface area contributed by atoms with Crippen molar-refractivity contribution in [2.24, 2.45) is 20.5 Å². The van der Waals surface area contributed by atoms with Crippen LogP contribution < -0.4 is 25.3 Å². The second kappa shape index (κ2) is 20.5.